The molecule has 4 aromatic carbocycles. The minimum atomic E-state index is -2.02. The number of nitrogens with zero attached hydrogens (tertiary/aromatic N) is 6. The smallest absolute Gasteiger partial charge is 0.328 e. The van der Waals surface area contributed by atoms with Crippen LogP contribution in [0.5, 0.6) is 17.2 Å². The molecule has 1 spiro atoms. The number of aliphatic hydroxyl groups is 2. The van der Waals surface area contributed by atoms with Crippen LogP contribution < -0.4 is 20.8 Å². The number of piperidine rings is 1. The van der Waals surface area contributed by atoms with Crippen LogP contribution in [0.15, 0.2) is 107 Å². The molecular formula is C60H71N7O11. The lowest BCUT2D eigenvalue weighted by Gasteiger charge is -2.38. The number of Topliss-reactive ketones (excluding diaryl/α,β-unsaturated/α-hetero) is 1. The number of aromatic hydroxyl groups is 2. The molecule has 78 heavy (non-hydrogen) atoms. The Labute approximate surface area is 453 Å². The second-order valence-electron chi connectivity index (χ2n) is 22.1. The van der Waals surface area contributed by atoms with Crippen LogP contribution in [0, 0.1) is 36.5 Å². The van der Waals surface area contributed by atoms with Crippen LogP contribution >= 0.6 is 0 Å². The van der Waals surface area contributed by atoms with Crippen molar-refractivity contribution in [3.05, 3.63) is 119 Å². The molecular weight excluding hydrogens is 995 g/mol. The van der Waals surface area contributed by atoms with Crippen LogP contribution in [0.1, 0.15) is 84.2 Å². The number of ketones is 1. The number of nitrogens with one attached hydrogen (secondary N) is 1. The number of fused-ring (bicyclic) bond motifs is 13. The van der Waals surface area contributed by atoms with Gasteiger partial charge in [0.25, 0.3) is 11.7 Å². The molecule has 6 heterocycles. The number of allylic oxidation sites excluding steroid dienone is 2. The summed E-state index contributed by atoms with van der Waals surface area (Å²) in [6, 6.07) is 17.8. The number of phenols is 2. The molecule has 1 saturated heterocycles. The van der Waals surface area contributed by atoms with Crippen molar-refractivity contribution in [2.24, 2.45) is 39.6 Å². The zero-order chi connectivity index (χ0) is 56.0. The van der Waals surface area contributed by atoms with Crippen LogP contribution in [0.4, 0.5) is 5.69 Å². The van der Waals surface area contributed by atoms with Crippen molar-refractivity contribution in [3.63, 3.8) is 0 Å². The molecule has 18 nitrogen and oxygen atoms in total. The number of carbonyl (C=O) groups is 3. The summed E-state index contributed by atoms with van der Waals surface area (Å²) in [6.45, 7) is 17.9. The summed E-state index contributed by atoms with van der Waals surface area (Å²) in [7, 11) is 1.46. The van der Waals surface area contributed by atoms with Gasteiger partial charge in [-0.3, -0.25) is 24.4 Å². The lowest BCUT2D eigenvalue weighted by atomic mass is 9.78. The lowest BCUT2D eigenvalue weighted by molar-refractivity contribution is -0.164. The van der Waals surface area contributed by atoms with E-state index in [9.17, 15) is 30.0 Å². The van der Waals surface area contributed by atoms with Crippen LogP contribution in [0.2, 0.25) is 0 Å². The van der Waals surface area contributed by atoms with E-state index in [1.807, 2.05) is 54.6 Å². The topological polar surface area (TPSA) is 240 Å². The second-order valence-corrected chi connectivity index (χ2v) is 22.1. The first kappa shape index (κ1) is 55.5. The molecule has 0 unspecified atom stereocenters. The zero-order valence-corrected chi connectivity index (χ0v) is 45.9. The maximum Gasteiger partial charge on any atom is 0.328 e. The van der Waals surface area contributed by atoms with E-state index in [-0.39, 0.29) is 61.9 Å². The van der Waals surface area contributed by atoms with Crippen LogP contribution in [-0.4, -0.2) is 121 Å². The van der Waals surface area contributed by atoms with Gasteiger partial charge in [0, 0.05) is 92.3 Å². The number of amides is 1. The molecule has 0 radical (unpaired) electrons. The minimum absolute atomic E-state index is 0.0156. The first-order valence-corrected chi connectivity index (χ1v) is 26.8. The molecule has 10 rings (SSSR count). The fourth-order valence-corrected chi connectivity index (χ4v) is 11.3. The number of methoxy groups -OCH3 is 1. The third-order valence-electron chi connectivity index (χ3n) is 16.0. The molecule has 1 aromatic heterocycles. The SMILES string of the molecule is CO[C@H]1/C=C/O[C@@]2(C)Oc3c(C)c(O)c4c(O)c(c5c(c4c3C2=O)=NC2(CCN(CC(C)C)CC2)N=5)NC(=O)/C(C)=C\C=C\[C@H](C)[C@H](O)[C@@H](C)[C@@H](O)[C@@H](C)[C@H](OC(=O)Cn2cc(-c3ccc(-c4ccccc4)cc3)nn2)[C@@H]1C. The lowest BCUT2D eigenvalue weighted by Crippen LogP contribution is -2.47. The van der Waals surface area contributed by atoms with Gasteiger partial charge in [-0.25, -0.2) is 4.68 Å². The molecule has 5 aliphatic rings. The molecule has 1 amide bonds. The van der Waals surface area contributed by atoms with E-state index in [1.165, 1.54) is 25.0 Å². The van der Waals surface area contributed by atoms with E-state index in [0.29, 0.717) is 37.5 Å². The number of carbonyl (C=O) groups excluding carboxylic acids is 3. The van der Waals surface area contributed by atoms with Crippen molar-refractivity contribution in [2.75, 3.05) is 32.1 Å². The van der Waals surface area contributed by atoms with Gasteiger partial charge < -0.3 is 49.6 Å². The molecule has 9 atom stereocenters. The summed E-state index contributed by atoms with van der Waals surface area (Å²) in [6.07, 6.45) is 6.21. The molecule has 18 heteroatoms. The van der Waals surface area contributed by atoms with Crippen LogP contribution in [0.25, 0.3) is 33.2 Å². The van der Waals surface area contributed by atoms with Crippen molar-refractivity contribution in [1.82, 2.24) is 19.9 Å². The largest absolute Gasteiger partial charge is 0.507 e. The number of phenolic OH excluding ortho intramolecular Hbond substituents is 2. The van der Waals surface area contributed by atoms with Crippen molar-refractivity contribution in [2.45, 2.75) is 118 Å². The van der Waals surface area contributed by atoms with E-state index in [2.05, 4.69) is 34.4 Å². The van der Waals surface area contributed by atoms with E-state index in [4.69, 9.17) is 28.9 Å². The highest BCUT2D eigenvalue weighted by molar-refractivity contribution is 6.19. The summed E-state index contributed by atoms with van der Waals surface area (Å²) in [5.41, 5.74) is 2.79. The number of aliphatic hydroxyl groups excluding tert-OH is 2. The fraction of sp³-hybridized carbons (Fsp3) is 0.450. The Hall–Kier alpha value is -7.25. The number of benzene rings is 4. The number of esters is 1. The first-order chi connectivity index (χ1) is 37.1. The van der Waals surface area contributed by atoms with E-state index < -0.39 is 82.9 Å². The number of hydrogen-bond acceptors (Lipinski definition) is 16. The monoisotopic (exact) mass is 1070 g/mol. The van der Waals surface area contributed by atoms with Gasteiger partial charge in [-0.2, -0.15) is 0 Å². The minimum Gasteiger partial charge on any atom is -0.507 e. The van der Waals surface area contributed by atoms with Gasteiger partial charge in [0.2, 0.25) is 0 Å². The Morgan fingerprint density at radius 1 is 0.859 bits per heavy atom. The van der Waals surface area contributed by atoms with Gasteiger partial charge >= 0.3 is 11.8 Å². The van der Waals surface area contributed by atoms with Crippen molar-refractivity contribution in [1.29, 1.82) is 0 Å². The highest BCUT2D eigenvalue weighted by Gasteiger charge is 2.50. The van der Waals surface area contributed by atoms with Gasteiger partial charge in [0.15, 0.2) is 11.4 Å². The van der Waals surface area contributed by atoms with Gasteiger partial charge in [0.05, 0.1) is 47.1 Å². The molecule has 5 bridgehead atoms. The van der Waals surface area contributed by atoms with Crippen LogP contribution in [0.3, 0.4) is 0 Å². The Kier molecular flexibility index (Phi) is 15.8. The molecule has 0 aliphatic carbocycles. The summed E-state index contributed by atoms with van der Waals surface area (Å²) in [4.78, 5) is 55.9. The normalized spacial score (nSPS) is 28.0. The van der Waals surface area contributed by atoms with E-state index in [0.717, 1.165) is 23.2 Å². The molecule has 0 saturated carbocycles. The zero-order valence-electron chi connectivity index (χ0n) is 45.9. The van der Waals surface area contributed by atoms with E-state index in [1.54, 1.807) is 72.0 Å². The molecule has 5 aromatic rings. The average molecular weight is 1070 g/mol. The third kappa shape index (κ3) is 10.7. The second kappa shape index (κ2) is 22.2. The Morgan fingerprint density at radius 2 is 1.53 bits per heavy atom. The highest BCUT2D eigenvalue weighted by Crippen LogP contribution is 2.50. The molecule has 5 N–H and O–H groups in total. The molecule has 5 aliphatic heterocycles. The maximum absolute atomic E-state index is 15.0. The highest BCUT2D eigenvalue weighted by atomic mass is 16.7. The summed E-state index contributed by atoms with van der Waals surface area (Å²) >= 11 is 0. The molecule has 412 valence electrons. The quantitative estimate of drug-likeness (QED) is 0.0754. The Morgan fingerprint density at radius 3 is 2.21 bits per heavy atom. The van der Waals surface area contributed by atoms with Crippen LogP contribution in [-0.2, 0) is 30.3 Å². The molecule has 1 fully saturated rings. The van der Waals surface area contributed by atoms with E-state index >= 15 is 4.79 Å². The van der Waals surface area contributed by atoms with Gasteiger partial charge in [-0.15, -0.1) is 5.10 Å². The number of likely N-dealkylation sites (tertiary alicyclic amines) is 1. The average Bonchev–Trinajstić information content (AvgIpc) is 4.20. The fourth-order valence-electron chi connectivity index (χ4n) is 11.3. The summed E-state index contributed by atoms with van der Waals surface area (Å²) in [5.74, 6) is -7.11. The number of rotatable bonds is 8. The summed E-state index contributed by atoms with van der Waals surface area (Å²) < 4.78 is 26.3. The number of hydrogen-bond donors (Lipinski definition) is 5. The van der Waals surface area contributed by atoms with Gasteiger partial charge in [0.1, 0.15) is 40.9 Å². The standard InChI is InChI=1S/C60H71N7O11/c1-32(2)29-66-26-24-60(25-27-66)62-48-45-46-53(71)38(8)56-47(45)57(73)59(9,78-56)76-28-23-43(75-10)35(5)55(77-44(68)31-67-30-42(64-65-67)41-21-19-40(20-22-41)39-17-12-11-13-18-39)37(7)52(70)36(6)51(69)33(3)15-14-16-34(4)58(74)61-50(54(46)72)49(48)63-60/h11-23,28,30,32-33,35-37,43,51-52,55,69-72H,24-27,29,31H2,1-10H3,(H,61,74)/b15-14+,28-23+,34-16-/t33-,35+,36+,37+,43-,51-,52+,55+,59-/m0/s1. The van der Waals surface area contributed by atoms with Crippen molar-refractivity contribution >= 4 is 34.1 Å². The van der Waals surface area contributed by atoms with Gasteiger partial charge in [-0.1, -0.05) is 120 Å². The van der Waals surface area contributed by atoms with Crippen molar-refractivity contribution in [3.8, 4) is 39.6 Å². The number of aromatic nitrogens is 3. The maximum atomic E-state index is 15.0. The predicted molar refractivity (Wildman–Crippen MR) is 293 cm³/mol. The number of anilines is 1. The summed E-state index contributed by atoms with van der Waals surface area (Å²) in [5, 5.41) is 59.8. The van der Waals surface area contributed by atoms with Gasteiger partial charge in [-0.05, 0) is 37.0 Å². The predicted octanol–water partition coefficient (Wildman–Crippen LogP) is 7.36. The Bertz CT molecular complexity index is 3330. The van der Waals surface area contributed by atoms with Crippen molar-refractivity contribution < 1.29 is 53.8 Å². The number of ether oxygens (including phenoxy) is 4. The first-order valence-electron chi connectivity index (χ1n) is 26.8. The Balaban J connectivity index is 1.06. The third-order valence-corrected chi connectivity index (χ3v) is 16.0.